The third kappa shape index (κ3) is 2.07. The van der Waals surface area contributed by atoms with E-state index < -0.39 is 17.6 Å². The van der Waals surface area contributed by atoms with Crippen LogP contribution < -0.4 is 0 Å². The van der Waals surface area contributed by atoms with Gasteiger partial charge >= 0.3 is 0 Å². The molecule has 0 heterocycles. The molecule has 25 heavy (non-hydrogen) atoms. The molecule has 4 heteroatoms. The van der Waals surface area contributed by atoms with Gasteiger partial charge in [-0.15, -0.1) is 0 Å². The number of hydrogen-bond donors (Lipinski definition) is 2. The highest BCUT2D eigenvalue weighted by atomic mass is 16.3. The van der Waals surface area contributed by atoms with Crippen molar-refractivity contribution < 1.29 is 19.8 Å². The molecule has 2 N–H and O–H groups in total. The number of carbonyl (C=O) groups is 2. The number of fused-ring (bicyclic) bond motifs is 5. The lowest BCUT2D eigenvalue weighted by atomic mass is 9.46. The van der Waals surface area contributed by atoms with Gasteiger partial charge in [-0.1, -0.05) is 25.5 Å². The van der Waals surface area contributed by atoms with Crippen LogP contribution in [0.1, 0.15) is 52.4 Å². The Balaban J connectivity index is 1.72. The van der Waals surface area contributed by atoms with Gasteiger partial charge in [-0.25, -0.2) is 0 Å². The number of aliphatic hydroxyl groups is 2. The molecular weight excluding hydrogens is 316 g/mol. The normalized spacial score (nSPS) is 48.4. The summed E-state index contributed by atoms with van der Waals surface area (Å²) in [5.74, 6) is 0.153. The Labute approximate surface area is 149 Å². The van der Waals surface area contributed by atoms with Gasteiger partial charge < -0.3 is 10.2 Å². The average molecular weight is 344 g/mol. The summed E-state index contributed by atoms with van der Waals surface area (Å²) in [6.45, 7) is 3.83. The van der Waals surface area contributed by atoms with E-state index in [1.54, 1.807) is 12.2 Å². The number of hydrogen-bond acceptors (Lipinski definition) is 4. The summed E-state index contributed by atoms with van der Waals surface area (Å²) in [6.07, 6.45) is 10.3. The highest BCUT2D eigenvalue weighted by Gasteiger charge is 2.67. The van der Waals surface area contributed by atoms with Crippen LogP contribution in [0.3, 0.4) is 0 Å². The second-order valence-corrected chi connectivity index (χ2v) is 9.04. The maximum atomic E-state index is 12.3. The zero-order chi connectivity index (χ0) is 18.0. The summed E-state index contributed by atoms with van der Waals surface area (Å²) in [5.41, 5.74) is -0.253. The van der Waals surface area contributed by atoms with Crippen LogP contribution in [-0.4, -0.2) is 34.0 Å². The van der Waals surface area contributed by atoms with Crippen molar-refractivity contribution >= 4 is 11.6 Å². The van der Waals surface area contributed by atoms with Crippen LogP contribution in [0.15, 0.2) is 23.8 Å². The minimum Gasteiger partial charge on any atom is -0.389 e. The molecule has 3 fully saturated rings. The van der Waals surface area contributed by atoms with Gasteiger partial charge in [0.25, 0.3) is 0 Å². The fourth-order valence-corrected chi connectivity index (χ4v) is 6.80. The van der Waals surface area contributed by atoms with E-state index in [-0.39, 0.29) is 28.8 Å². The smallest absolute Gasteiger partial charge is 0.178 e. The van der Waals surface area contributed by atoms with Crippen LogP contribution >= 0.6 is 0 Å². The van der Waals surface area contributed by atoms with E-state index in [9.17, 15) is 19.8 Å². The molecule has 4 rings (SSSR count). The number of aliphatic hydroxyl groups excluding tert-OH is 1. The lowest BCUT2D eigenvalue weighted by Crippen LogP contribution is -2.61. The highest BCUT2D eigenvalue weighted by molar-refractivity contribution is 6.01. The molecule has 0 radical (unpaired) electrons. The van der Waals surface area contributed by atoms with Crippen LogP contribution in [0.25, 0.3) is 0 Å². The van der Waals surface area contributed by atoms with E-state index in [4.69, 9.17) is 0 Å². The first kappa shape index (κ1) is 17.2. The van der Waals surface area contributed by atoms with Crippen molar-refractivity contribution in [3.05, 3.63) is 23.8 Å². The number of Topliss-reactive ketones (excluding diaryl/α,β-unsaturated/α-hetero) is 1. The Bertz CT molecular complexity index is 692. The van der Waals surface area contributed by atoms with Gasteiger partial charge in [-0.2, -0.15) is 0 Å². The molecule has 0 aromatic rings. The van der Waals surface area contributed by atoms with Crippen LogP contribution in [0, 0.1) is 28.6 Å². The predicted octanol–water partition coefficient (Wildman–Crippen LogP) is 2.59. The standard InChI is InChI=1S/C21H28O4/c1-19-8-5-14(23)11-13(19)3-4-16-15(19)6-9-20(2)17(18(24)12-22)7-10-21(16,20)25/h5,8,11,15-17,22,25H,3-4,6-7,9-10,12H2,1-2H3/t15-,16+,17+,19-,20+,21+/m0/s1. The topological polar surface area (TPSA) is 74.6 Å². The maximum absolute atomic E-state index is 12.3. The van der Waals surface area contributed by atoms with E-state index in [0.717, 1.165) is 25.7 Å². The van der Waals surface area contributed by atoms with Crippen molar-refractivity contribution in [1.29, 1.82) is 0 Å². The molecule has 6 atom stereocenters. The van der Waals surface area contributed by atoms with E-state index in [1.807, 2.05) is 0 Å². The largest absolute Gasteiger partial charge is 0.389 e. The first-order valence-corrected chi connectivity index (χ1v) is 9.56. The molecule has 0 amide bonds. The molecular formula is C21H28O4. The monoisotopic (exact) mass is 344 g/mol. The van der Waals surface area contributed by atoms with Crippen molar-refractivity contribution in [2.24, 2.45) is 28.6 Å². The fourth-order valence-electron chi connectivity index (χ4n) is 6.80. The SMILES string of the molecule is C[C@]12C=CC(=O)C=C1CC[C@@H]1[C@@H]2CC[C@]2(C)[C@@H](C(=O)CO)CC[C@@]12O. The molecule has 0 bridgehead atoms. The number of carbonyl (C=O) groups excluding carboxylic acids is 2. The molecule has 4 aliphatic rings. The van der Waals surface area contributed by atoms with Gasteiger partial charge in [0.05, 0.1) is 5.60 Å². The molecule has 4 nitrogen and oxygen atoms in total. The molecule has 0 aromatic heterocycles. The summed E-state index contributed by atoms with van der Waals surface area (Å²) >= 11 is 0. The van der Waals surface area contributed by atoms with Crippen LogP contribution in [-0.2, 0) is 9.59 Å². The third-order valence-electron chi connectivity index (χ3n) is 8.29. The fraction of sp³-hybridized carbons (Fsp3) is 0.714. The number of rotatable bonds is 2. The zero-order valence-electron chi connectivity index (χ0n) is 15.1. The molecule has 3 saturated carbocycles. The summed E-state index contributed by atoms with van der Waals surface area (Å²) in [4.78, 5) is 24.1. The zero-order valence-corrected chi connectivity index (χ0v) is 15.1. The minimum absolute atomic E-state index is 0.0692. The van der Waals surface area contributed by atoms with E-state index in [1.165, 1.54) is 5.57 Å². The van der Waals surface area contributed by atoms with Crippen LogP contribution in [0.2, 0.25) is 0 Å². The highest BCUT2D eigenvalue weighted by Crippen LogP contribution is 2.67. The summed E-state index contributed by atoms with van der Waals surface area (Å²) in [7, 11) is 0. The Morgan fingerprint density at radius 1 is 1.20 bits per heavy atom. The van der Waals surface area contributed by atoms with Crippen molar-refractivity contribution in [3.63, 3.8) is 0 Å². The van der Waals surface area contributed by atoms with Gasteiger partial charge in [0.15, 0.2) is 11.6 Å². The predicted molar refractivity (Wildman–Crippen MR) is 93.7 cm³/mol. The van der Waals surface area contributed by atoms with Crippen molar-refractivity contribution in [2.75, 3.05) is 6.61 Å². The summed E-state index contributed by atoms with van der Waals surface area (Å²) < 4.78 is 0. The molecule has 0 spiro atoms. The quantitative estimate of drug-likeness (QED) is 0.807. The Hall–Kier alpha value is -1.26. The molecule has 0 saturated heterocycles. The Morgan fingerprint density at radius 2 is 1.96 bits per heavy atom. The van der Waals surface area contributed by atoms with Gasteiger partial charge in [0.1, 0.15) is 6.61 Å². The van der Waals surface area contributed by atoms with Crippen LogP contribution in [0.4, 0.5) is 0 Å². The second kappa shape index (κ2) is 5.37. The summed E-state index contributed by atoms with van der Waals surface area (Å²) in [5, 5.41) is 21.1. The Morgan fingerprint density at radius 3 is 2.68 bits per heavy atom. The van der Waals surface area contributed by atoms with E-state index >= 15 is 0 Å². The van der Waals surface area contributed by atoms with Crippen LogP contribution in [0.5, 0.6) is 0 Å². The maximum Gasteiger partial charge on any atom is 0.178 e. The first-order valence-electron chi connectivity index (χ1n) is 9.56. The van der Waals surface area contributed by atoms with E-state index in [2.05, 4.69) is 19.9 Å². The first-order chi connectivity index (χ1) is 11.8. The molecule has 136 valence electrons. The number of ketones is 2. The Kier molecular flexibility index (Phi) is 3.69. The van der Waals surface area contributed by atoms with Crippen molar-refractivity contribution in [1.82, 2.24) is 0 Å². The average Bonchev–Trinajstić information content (AvgIpc) is 2.86. The molecule has 4 aliphatic carbocycles. The van der Waals surface area contributed by atoms with Gasteiger partial charge in [0.2, 0.25) is 0 Å². The van der Waals surface area contributed by atoms with Crippen molar-refractivity contribution in [2.45, 2.75) is 58.0 Å². The molecule has 0 aliphatic heterocycles. The van der Waals surface area contributed by atoms with Gasteiger partial charge in [-0.3, -0.25) is 9.59 Å². The lowest BCUT2D eigenvalue weighted by Gasteiger charge is -2.60. The van der Waals surface area contributed by atoms with Gasteiger partial charge in [0, 0.05) is 16.7 Å². The minimum atomic E-state index is -0.852. The number of allylic oxidation sites excluding steroid dienone is 4. The van der Waals surface area contributed by atoms with Gasteiger partial charge in [-0.05, 0) is 62.5 Å². The van der Waals surface area contributed by atoms with E-state index in [0.29, 0.717) is 18.8 Å². The molecule has 0 aromatic carbocycles. The second-order valence-electron chi connectivity index (χ2n) is 9.04. The van der Waals surface area contributed by atoms with Crippen molar-refractivity contribution in [3.8, 4) is 0 Å². The summed E-state index contributed by atoms with van der Waals surface area (Å²) in [6, 6.07) is 0. The molecule has 0 unspecified atom stereocenters. The third-order valence-corrected chi connectivity index (χ3v) is 8.29. The lowest BCUT2D eigenvalue weighted by molar-refractivity contribution is -0.181.